The Morgan fingerprint density at radius 1 is 0.952 bits per heavy atom. The molecule has 21 heavy (non-hydrogen) atoms. The Labute approximate surface area is 123 Å². The van der Waals surface area contributed by atoms with E-state index in [0.717, 1.165) is 0 Å². The number of hydrogen-bond donors (Lipinski definition) is 1. The fraction of sp³-hybridized carbons (Fsp3) is 0.500. The Hall–Kier alpha value is -2.15. The average molecular weight is 300 g/mol. The fourth-order valence-electron chi connectivity index (χ4n) is 1.95. The predicted molar refractivity (Wildman–Crippen MR) is 75.1 cm³/mol. The third kappa shape index (κ3) is 3.13. The van der Waals surface area contributed by atoms with Crippen LogP contribution in [0.5, 0.6) is 28.7 Å². The second-order valence-corrected chi connectivity index (χ2v) is 3.94. The summed E-state index contributed by atoms with van der Waals surface area (Å²) in [5.74, 6) is -0.420. The minimum Gasteiger partial charge on any atom is -0.504 e. The summed E-state index contributed by atoms with van der Waals surface area (Å²) in [6.07, 6.45) is 0. The maximum atomic E-state index is 12.2. The topological polar surface area (TPSA) is 83.5 Å². The Kier molecular flexibility index (Phi) is 6.10. The highest BCUT2D eigenvalue weighted by molar-refractivity contribution is 6.04. The summed E-state index contributed by atoms with van der Waals surface area (Å²) in [6, 6.07) is 0. The summed E-state index contributed by atoms with van der Waals surface area (Å²) in [7, 11) is 5.53. The number of phenolic OH excluding ortho intramolecular Hbond substituents is 1. The zero-order valence-electron chi connectivity index (χ0n) is 12.8. The molecular weight excluding hydrogens is 280 g/mol. The first-order chi connectivity index (χ1) is 10.1. The van der Waals surface area contributed by atoms with Crippen LogP contribution in [-0.2, 0) is 4.74 Å². The van der Waals surface area contributed by atoms with Gasteiger partial charge < -0.3 is 28.8 Å². The van der Waals surface area contributed by atoms with Gasteiger partial charge in [-0.15, -0.1) is 0 Å². The summed E-state index contributed by atoms with van der Waals surface area (Å²) >= 11 is 0. The van der Waals surface area contributed by atoms with E-state index in [0.29, 0.717) is 0 Å². The SMILES string of the molecule is CCOc1c(OC)c(OC)c(OC)c(O)c1C(=O)COC. The molecule has 0 aliphatic rings. The zero-order chi connectivity index (χ0) is 16.0. The lowest BCUT2D eigenvalue weighted by Gasteiger charge is -2.20. The van der Waals surface area contributed by atoms with Crippen molar-refractivity contribution in [2.75, 3.05) is 41.7 Å². The summed E-state index contributed by atoms with van der Waals surface area (Å²) in [6.45, 7) is 1.81. The third-order valence-electron chi connectivity index (χ3n) is 2.75. The fourth-order valence-corrected chi connectivity index (χ4v) is 1.95. The van der Waals surface area contributed by atoms with Crippen molar-refractivity contribution in [1.29, 1.82) is 0 Å². The molecule has 7 heteroatoms. The number of hydrogen-bond acceptors (Lipinski definition) is 7. The van der Waals surface area contributed by atoms with E-state index >= 15 is 0 Å². The lowest BCUT2D eigenvalue weighted by atomic mass is 10.1. The molecule has 0 unspecified atom stereocenters. The van der Waals surface area contributed by atoms with Gasteiger partial charge in [-0.05, 0) is 6.92 Å². The van der Waals surface area contributed by atoms with Gasteiger partial charge in [0.15, 0.2) is 17.3 Å². The van der Waals surface area contributed by atoms with E-state index < -0.39 is 5.78 Å². The van der Waals surface area contributed by atoms with Crippen LogP contribution in [0.2, 0.25) is 0 Å². The zero-order valence-corrected chi connectivity index (χ0v) is 12.8. The van der Waals surface area contributed by atoms with Gasteiger partial charge in [0, 0.05) is 7.11 Å². The van der Waals surface area contributed by atoms with Crippen molar-refractivity contribution >= 4 is 5.78 Å². The van der Waals surface area contributed by atoms with E-state index in [1.807, 2.05) is 0 Å². The molecule has 1 N–H and O–H groups in total. The molecule has 118 valence electrons. The number of carbonyl (C=O) groups excluding carboxylic acids is 1. The van der Waals surface area contributed by atoms with Crippen LogP contribution in [0, 0.1) is 0 Å². The standard InChI is InChI=1S/C14H20O7/c1-6-21-11-9(8(15)7-17-2)10(16)12(18-3)14(20-5)13(11)19-4/h16H,6-7H2,1-5H3. The Morgan fingerprint density at radius 3 is 1.90 bits per heavy atom. The highest BCUT2D eigenvalue weighted by Crippen LogP contribution is 2.53. The van der Waals surface area contributed by atoms with Crippen LogP contribution in [-0.4, -0.2) is 52.5 Å². The number of benzene rings is 1. The van der Waals surface area contributed by atoms with Gasteiger partial charge in [-0.1, -0.05) is 0 Å². The number of carbonyl (C=O) groups is 1. The van der Waals surface area contributed by atoms with E-state index in [1.165, 1.54) is 28.4 Å². The second kappa shape index (κ2) is 7.58. The minimum absolute atomic E-state index is 0.00254. The van der Waals surface area contributed by atoms with Crippen LogP contribution in [0.25, 0.3) is 0 Å². The van der Waals surface area contributed by atoms with E-state index in [9.17, 15) is 9.90 Å². The molecule has 0 bridgehead atoms. The molecule has 7 nitrogen and oxygen atoms in total. The van der Waals surface area contributed by atoms with Crippen molar-refractivity contribution in [3.63, 3.8) is 0 Å². The van der Waals surface area contributed by atoms with E-state index in [-0.39, 0.29) is 47.5 Å². The van der Waals surface area contributed by atoms with Crippen molar-refractivity contribution in [3.8, 4) is 28.7 Å². The van der Waals surface area contributed by atoms with E-state index in [2.05, 4.69) is 0 Å². The van der Waals surface area contributed by atoms with Gasteiger partial charge in [0.1, 0.15) is 12.2 Å². The Bertz CT molecular complexity index is 511. The summed E-state index contributed by atoms with van der Waals surface area (Å²) < 4.78 is 25.8. The molecule has 0 fully saturated rings. The highest BCUT2D eigenvalue weighted by atomic mass is 16.5. The normalized spacial score (nSPS) is 10.1. The molecule has 0 aliphatic heterocycles. The van der Waals surface area contributed by atoms with Crippen LogP contribution in [0.1, 0.15) is 17.3 Å². The molecule has 0 spiro atoms. The first-order valence-corrected chi connectivity index (χ1v) is 6.27. The van der Waals surface area contributed by atoms with Gasteiger partial charge in [-0.3, -0.25) is 4.79 Å². The van der Waals surface area contributed by atoms with Gasteiger partial charge in [0.05, 0.1) is 27.9 Å². The Morgan fingerprint density at radius 2 is 1.48 bits per heavy atom. The lowest BCUT2D eigenvalue weighted by Crippen LogP contribution is -2.12. The molecule has 1 aromatic rings. The minimum atomic E-state index is -0.460. The summed E-state index contributed by atoms with van der Waals surface area (Å²) in [4.78, 5) is 12.2. The van der Waals surface area contributed by atoms with Crippen LogP contribution in [0.4, 0.5) is 0 Å². The van der Waals surface area contributed by atoms with Crippen LogP contribution in [0.15, 0.2) is 0 Å². The highest BCUT2D eigenvalue weighted by Gasteiger charge is 2.31. The summed E-state index contributed by atoms with van der Waals surface area (Å²) in [5.41, 5.74) is -0.0619. The molecule has 0 aliphatic carbocycles. The number of Topliss-reactive ketones (excluding diaryl/α,β-unsaturated/α-hetero) is 1. The molecule has 0 atom stereocenters. The lowest BCUT2D eigenvalue weighted by molar-refractivity contribution is 0.0839. The first-order valence-electron chi connectivity index (χ1n) is 6.27. The maximum Gasteiger partial charge on any atom is 0.211 e. The van der Waals surface area contributed by atoms with Gasteiger partial charge in [-0.25, -0.2) is 0 Å². The number of phenols is 1. The monoisotopic (exact) mass is 300 g/mol. The molecular formula is C14H20O7. The van der Waals surface area contributed by atoms with Gasteiger partial charge >= 0.3 is 0 Å². The van der Waals surface area contributed by atoms with Crippen LogP contribution < -0.4 is 18.9 Å². The van der Waals surface area contributed by atoms with E-state index in [4.69, 9.17) is 23.7 Å². The van der Waals surface area contributed by atoms with Gasteiger partial charge in [0.2, 0.25) is 17.2 Å². The summed E-state index contributed by atoms with van der Waals surface area (Å²) in [5, 5.41) is 10.3. The smallest absolute Gasteiger partial charge is 0.211 e. The molecule has 0 aromatic heterocycles. The van der Waals surface area contributed by atoms with E-state index in [1.54, 1.807) is 6.92 Å². The van der Waals surface area contributed by atoms with Crippen molar-refractivity contribution in [2.24, 2.45) is 0 Å². The second-order valence-electron chi connectivity index (χ2n) is 3.94. The number of rotatable bonds is 8. The number of ketones is 1. The first kappa shape index (κ1) is 16.9. The number of aromatic hydroxyl groups is 1. The van der Waals surface area contributed by atoms with Gasteiger partial charge in [-0.2, -0.15) is 0 Å². The molecule has 0 saturated carbocycles. The third-order valence-corrected chi connectivity index (χ3v) is 2.75. The largest absolute Gasteiger partial charge is 0.504 e. The van der Waals surface area contributed by atoms with Crippen molar-refractivity contribution in [1.82, 2.24) is 0 Å². The van der Waals surface area contributed by atoms with Crippen molar-refractivity contribution in [3.05, 3.63) is 5.56 Å². The molecule has 0 amide bonds. The number of methoxy groups -OCH3 is 4. The van der Waals surface area contributed by atoms with Crippen molar-refractivity contribution in [2.45, 2.75) is 6.92 Å². The number of ether oxygens (including phenoxy) is 5. The molecule has 0 radical (unpaired) electrons. The average Bonchev–Trinajstić information content (AvgIpc) is 2.47. The van der Waals surface area contributed by atoms with Crippen molar-refractivity contribution < 1.29 is 33.6 Å². The maximum absolute atomic E-state index is 12.2. The van der Waals surface area contributed by atoms with Crippen LogP contribution in [0.3, 0.4) is 0 Å². The quantitative estimate of drug-likeness (QED) is 0.731. The predicted octanol–water partition coefficient (Wildman–Crippen LogP) is 1.65. The van der Waals surface area contributed by atoms with Crippen LogP contribution >= 0.6 is 0 Å². The molecule has 1 aromatic carbocycles. The molecule has 0 heterocycles. The van der Waals surface area contributed by atoms with Gasteiger partial charge in [0.25, 0.3) is 0 Å². The molecule has 1 rings (SSSR count). The molecule has 0 saturated heterocycles. The Balaban J connectivity index is 3.69.